The van der Waals surface area contributed by atoms with Gasteiger partial charge in [0.15, 0.2) is 0 Å². The molecule has 0 heterocycles. The van der Waals surface area contributed by atoms with Crippen LogP contribution in [0.25, 0.3) is 0 Å². The molecule has 0 saturated heterocycles. The number of benzene rings is 1. The van der Waals surface area contributed by atoms with E-state index in [2.05, 4.69) is 0 Å². The zero-order valence-electron chi connectivity index (χ0n) is 6.70. The van der Waals surface area contributed by atoms with Crippen LogP contribution in [0.4, 0.5) is 11.4 Å². The molecule has 0 atom stereocenters. The van der Waals surface area contributed by atoms with Gasteiger partial charge in [0.2, 0.25) is 0 Å². The summed E-state index contributed by atoms with van der Waals surface area (Å²) < 4.78 is 0. The third-order valence-corrected chi connectivity index (χ3v) is 1.61. The molecular weight excluding hydrogens is 152 g/mol. The van der Waals surface area contributed by atoms with E-state index >= 15 is 0 Å². The standard InChI is InChI=1S/C9H12N2O/c10-8-4-3-7(2-1-5-12)9(11)6-8/h1,3-6,12H,2,10-11H2/b5-1+. The molecule has 5 N–H and O–H groups in total. The predicted octanol–water partition coefficient (Wildman–Crippen LogP) is 1.47. The number of hydrogen-bond donors (Lipinski definition) is 3. The Bertz CT molecular complexity index is 295. The highest BCUT2D eigenvalue weighted by Gasteiger charge is 1.96. The molecule has 3 heteroatoms. The van der Waals surface area contributed by atoms with Crippen LogP contribution in [0.2, 0.25) is 0 Å². The fourth-order valence-corrected chi connectivity index (χ4v) is 0.979. The van der Waals surface area contributed by atoms with Crippen molar-refractivity contribution in [3.8, 4) is 0 Å². The molecule has 0 bridgehead atoms. The maximum atomic E-state index is 8.43. The van der Waals surface area contributed by atoms with E-state index in [-0.39, 0.29) is 0 Å². The Kier molecular flexibility index (Phi) is 2.58. The minimum atomic E-state index is 0.628. The average molecular weight is 164 g/mol. The maximum Gasteiger partial charge on any atom is 0.0755 e. The van der Waals surface area contributed by atoms with Crippen molar-refractivity contribution in [3.05, 3.63) is 36.1 Å². The highest BCUT2D eigenvalue weighted by Crippen LogP contribution is 2.16. The molecule has 0 radical (unpaired) electrons. The van der Waals surface area contributed by atoms with Crippen LogP contribution in [0, 0.1) is 0 Å². The van der Waals surface area contributed by atoms with Crippen molar-refractivity contribution in [1.29, 1.82) is 0 Å². The molecule has 0 spiro atoms. The summed E-state index contributed by atoms with van der Waals surface area (Å²) in [5.41, 5.74) is 13.5. The van der Waals surface area contributed by atoms with E-state index in [0.29, 0.717) is 17.8 Å². The first-order chi connectivity index (χ1) is 5.74. The van der Waals surface area contributed by atoms with Gasteiger partial charge in [-0.15, -0.1) is 0 Å². The molecule has 1 aromatic rings. The number of anilines is 2. The number of hydrogen-bond acceptors (Lipinski definition) is 3. The highest BCUT2D eigenvalue weighted by atomic mass is 16.2. The molecule has 64 valence electrons. The Labute approximate surface area is 71.3 Å². The topological polar surface area (TPSA) is 72.3 Å². The lowest BCUT2D eigenvalue weighted by Crippen LogP contribution is -1.95. The molecule has 0 aliphatic rings. The number of aliphatic hydroxyl groups excluding tert-OH is 1. The third kappa shape index (κ3) is 1.92. The molecule has 3 nitrogen and oxygen atoms in total. The van der Waals surface area contributed by atoms with Gasteiger partial charge in [-0.05, 0) is 30.2 Å². The van der Waals surface area contributed by atoms with E-state index in [0.717, 1.165) is 11.8 Å². The Morgan fingerprint density at radius 2 is 2.08 bits per heavy atom. The van der Waals surface area contributed by atoms with E-state index in [4.69, 9.17) is 16.6 Å². The highest BCUT2D eigenvalue weighted by molar-refractivity contribution is 5.57. The summed E-state index contributed by atoms with van der Waals surface area (Å²) in [6.45, 7) is 0. The molecule has 0 fully saturated rings. The number of nitrogen functional groups attached to an aromatic ring is 2. The second-order valence-electron chi connectivity index (χ2n) is 2.55. The Hall–Kier alpha value is -1.64. The minimum absolute atomic E-state index is 0.628. The van der Waals surface area contributed by atoms with Gasteiger partial charge in [0.1, 0.15) is 0 Å². The van der Waals surface area contributed by atoms with Gasteiger partial charge in [-0.1, -0.05) is 6.07 Å². The monoisotopic (exact) mass is 164 g/mol. The lowest BCUT2D eigenvalue weighted by molar-refractivity contribution is 0.471. The lowest BCUT2D eigenvalue weighted by atomic mass is 10.1. The van der Waals surface area contributed by atoms with Crippen LogP contribution in [0.5, 0.6) is 0 Å². The van der Waals surface area contributed by atoms with Crippen LogP contribution >= 0.6 is 0 Å². The molecular formula is C9H12N2O. The molecule has 0 aliphatic carbocycles. The fourth-order valence-electron chi connectivity index (χ4n) is 0.979. The number of rotatable bonds is 2. The first-order valence-electron chi connectivity index (χ1n) is 3.67. The van der Waals surface area contributed by atoms with Crippen LogP contribution in [-0.2, 0) is 6.42 Å². The fraction of sp³-hybridized carbons (Fsp3) is 0.111. The van der Waals surface area contributed by atoms with Crippen LogP contribution in [0.3, 0.4) is 0 Å². The maximum absolute atomic E-state index is 8.43. The van der Waals surface area contributed by atoms with Gasteiger partial charge in [-0.25, -0.2) is 0 Å². The predicted molar refractivity (Wildman–Crippen MR) is 50.7 cm³/mol. The SMILES string of the molecule is Nc1ccc(C/C=C/O)c(N)c1. The lowest BCUT2D eigenvalue weighted by Gasteiger charge is -2.02. The van der Waals surface area contributed by atoms with Gasteiger partial charge < -0.3 is 16.6 Å². The smallest absolute Gasteiger partial charge is 0.0755 e. The van der Waals surface area contributed by atoms with Gasteiger partial charge in [0.05, 0.1) is 6.26 Å². The molecule has 0 unspecified atom stereocenters. The second kappa shape index (κ2) is 3.67. The Balaban J connectivity index is 2.86. The summed E-state index contributed by atoms with van der Waals surface area (Å²) in [4.78, 5) is 0. The van der Waals surface area contributed by atoms with Crippen molar-refractivity contribution in [2.75, 3.05) is 11.5 Å². The summed E-state index contributed by atoms with van der Waals surface area (Å²) in [5.74, 6) is 0. The van der Waals surface area contributed by atoms with Crippen molar-refractivity contribution in [1.82, 2.24) is 0 Å². The zero-order valence-corrected chi connectivity index (χ0v) is 6.70. The van der Waals surface area contributed by atoms with E-state index in [9.17, 15) is 0 Å². The largest absolute Gasteiger partial charge is 0.516 e. The first-order valence-corrected chi connectivity index (χ1v) is 3.67. The molecule has 12 heavy (non-hydrogen) atoms. The molecule has 0 aromatic heterocycles. The summed E-state index contributed by atoms with van der Waals surface area (Å²) in [6.07, 6.45) is 3.26. The van der Waals surface area contributed by atoms with Gasteiger partial charge in [-0.3, -0.25) is 0 Å². The Morgan fingerprint density at radius 3 is 2.67 bits per heavy atom. The summed E-state index contributed by atoms with van der Waals surface area (Å²) in [7, 11) is 0. The second-order valence-corrected chi connectivity index (χ2v) is 2.55. The number of nitrogens with two attached hydrogens (primary N) is 2. The molecule has 0 amide bonds. The number of allylic oxidation sites excluding steroid dienone is 1. The average Bonchev–Trinajstić information content (AvgIpc) is 2.03. The van der Waals surface area contributed by atoms with E-state index in [1.54, 1.807) is 18.2 Å². The van der Waals surface area contributed by atoms with Crippen molar-refractivity contribution in [2.24, 2.45) is 0 Å². The van der Waals surface area contributed by atoms with Crippen molar-refractivity contribution in [3.63, 3.8) is 0 Å². The van der Waals surface area contributed by atoms with E-state index in [1.165, 1.54) is 0 Å². The quantitative estimate of drug-likeness (QED) is 0.457. The van der Waals surface area contributed by atoms with Crippen LogP contribution in [-0.4, -0.2) is 5.11 Å². The first kappa shape index (κ1) is 8.46. The summed E-state index contributed by atoms with van der Waals surface area (Å²) in [5, 5.41) is 8.43. The van der Waals surface area contributed by atoms with Crippen LogP contribution in [0.1, 0.15) is 5.56 Å². The van der Waals surface area contributed by atoms with Crippen molar-refractivity contribution >= 4 is 11.4 Å². The van der Waals surface area contributed by atoms with E-state index < -0.39 is 0 Å². The van der Waals surface area contributed by atoms with Gasteiger partial charge in [0, 0.05) is 11.4 Å². The Morgan fingerprint density at radius 1 is 1.33 bits per heavy atom. The van der Waals surface area contributed by atoms with Gasteiger partial charge in [-0.2, -0.15) is 0 Å². The molecule has 1 rings (SSSR count). The molecule has 0 aliphatic heterocycles. The number of aliphatic hydroxyl groups is 1. The van der Waals surface area contributed by atoms with E-state index in [1.807, 2.05) is 6.07 Å². The van der Waals surface area contributed by atoms with Crippen LogP contribution < -0.4 is 11.5 Å². The van der Waals surface area contributed by atoms with Crippen molar-refractivity contribution in [2.45, 2.75) is 6.42 Å². The van der Waals surface area contributed by atoms with Gasteiger partial charge in [0.25, 0.3) is 0 Å². The third-order valence-electron chi connectivity index (χ3n) is 1.61. The molecule has 0 saturated carbocycles. The normalized spacial score (nSPS) is 10.7. The zero-order chi connectivity index (χ0) is 8.97. The summed E-state index contributed by atoms with van der Waals surface area (Å²) in [6, 6.07) is 5.35. The van der Waals surface area contributed by atoms with Crippen molar-refractivity contribution < 1.29 is 5.11 Å². The van der Waals surface area contributed by atoms with Gasteiger partial charge >= 0.3 is 0 Å². The summed E-state index contributed by atoms with van der Waals surface area (Å²) >= 11 is 0. The molecule has 1 aromatic carbocycles. The minimum Gasteiger partial charge on any atom is -0.516 e. The van der Waals surface area contributed by atoms with Crippen LogP contribution in [0.15, 0.2) is 30.5 Å².